The number of nitrogens with one attached hydrogen (secondary N) is 1. The van der Waals surface area contributed by atoms with Crippen LogP contribution in [0.2, 0.25) is 0 Å². The molecule has 0 saturated heterocycles. The Morgan fingerprint density at radius 3 is 2.48 bits per heavy atom. The number of benzene rings is 1. The van der Waals surface area contributed by atoms with Gasteiger partial charge in [-0.3, -0.25) is 9.59 Å². The van der Waals surface area contributed by atoms with E-state index in [0.29, 0.717) is 19.4 Å². The molecule has 0 bridgehead atoms. The Morgan fingerprint density at radius 2 is 1.76 bits per heavy atom. The van der Waals surface area contributed by atoms with Gasteiger partial charge in [-0.25, -0.2) is 0 Å². The molecule has 1 rings (SSSR count). The van der Waals surface area contributed by atoms with Crippen LogP contribution < -0.4 is 11.1 Å². The van der Waals surface area contributed by atoms with Crippen molar-refractivity contribution in [2.75, 3.05) is 13.6 Å². The van der Waals surface area contributed by atoms with E-state index in [0.717, 1.165) is 50.6 Å². The van der Waals surface area contributed by atoms with Crippen LogP contribution >= 0.6 is 0 Å². The second-order valence-corrected chi connectivity index (χ2v) is 6.38. The van der Waals surface area contributed by atoms with Gasteiger partial charge in [0.2, 0.25) is 0 Å². The molecule has 0 aliphatic carbocycles. The van der Waals surface area contributed by atoms with Crippen molar-refractivity contribution in [2.24, 2.45) is 5.73 Å². The smallest absolute Gasteiger partial charge is 0.306 e. The van der Waals surface area contributed by atoms with Crippen LogP contribution in [0.3, 0.4) is 0 Å². The van der Waals surface area contributed by atoms with Crippen molar-refractivity contribution in [3.05, 3.63) is 35.9 Å². The molecule has 0 saturated carbocycles. The summed E-state index contributed by atoms with van der Waals surface area (Å²) in [6, 6.07) is 9.30. The van der Waals surface area contributed by atoms with Crippen molar-refractivity contribution in [3.63, 3.8) is 0 Å². The Labute approximate surface area is 151 Å². The number of carbonyl (C=O) groups excluding carboxylic acids is 2. The molecule has 1 aromatic rings. The van der Waals surface area contributed by atoms with E-state index in [4.69, 9.17) is 10.5 Å². The summed E-state index contributed by atoms with van der Waals surface area (Å²) in [5.41, 5.74) is 6.90. The second kappa shape index (κ2) is 13.6. The van der Waals surface area contributed by atoms with E-state index in [1.165, 1.54) is 0 Å². The first kappa shape index (κ1) is 21.3. The van der Waals surface area contributed by atoms with Gasteiger partial charge in [0.25, 0.3) is 0 Å². The van der Waals surface area contributed by atoms with Crippen molar-refractivity contribution in [1.29, 1.82) is 0 Å². The van der Waals surface area contributed by atoms with Crippen LogP contribution in [0, 0.1) is 0 Å². The molecule has 1 unspecified atom stereocenters. The molecule has 140 valence electrons. The minimum absolute atomic E-state index is 0.135. The lowest BCUT2D eigenvalue weighted by molar-refractivity contribution is -0.145. The minimum Gasteiger partial charge on any atom is -0.461 e. The third-order valence-electron chi connectivity index (χ3n) is 4.15. The first-order valence-electron chi connectivity index (χ1n) is 9.26. The van der Waals surface area contributed by atoms with E-state index in [9.17, 15) is 9.59 Å². The quantitative estimate of drug-likeness (QED) is 0.399. The fourth-order valence-corrected chi connectivity index (χ4v) is 2.57. The van der Waals surface area contributed by atoms with Crippen molar-refractivity contribution in [1.82, 2.24) is 5.32 Å². The van der Waals surface area contributed by atoms with Gasteiger partial charge in [-0.15, -0.1) is 0 Å². The number of hydrogen-bond acceptors (Lipinski definition) is 5. The highest BCUT2D eigenvalue weighted by Crippen LogP contribution is 2.09. The van der Waals surface area contributed by atoms with Crippen LogP contribution in [0.5, 0.6) is 0 Å². The van der Waals surface area contributed by atoms with Crippen molar-refractivity contribution < 1.29 is 14.3 Å². The summed E-state index contributed by atoms with van der Waals surface area (Å²) in [5.74, 6) is -0.0486. The molecule has 0 spiro atoms. The van der Waals surface area contributed by atoms with E-state index in [-0.39, 0.29) is 17.8 Å². The third-order valence-corrected chi connectivity index (χ3v) is 4.15. The number of hydrogen-bond donors (Lipinski definition) is 2. The van der Waals surface area contributed by atoms with Gasteiger partial charge in [-0.2, -0.15) is 0 Å². The second-order valence-electron chi connectivity index (χ2n) is 6.38. The SMILES string of the molecule is CNCCCCC(N)C(=O)CCCCCC(=O)OCc1ccccc1. The van der Waals surface area contributed by atoms with Gasteiger partial charge in [0.15, 0.2) is 0 Å². The topological polar surface area (TPSA) is 81.4 Å². The summed E-state index contributed by atoms with van der Waals surface area (Å²) >= 11 is 0. The number of unbranched alkanes of at least 4 members (excludes halogenated alkanes) is 3. The highest BCUT2D eigenvalue weighted by atomic mass is 16.5. The normalized spacial score (nSPS) is 11.9. The van der Waals surface area contributed by atoms with Gasteiger partial charge in [-0.1, -0.05) is 43.2 Å². The maximum atomic E-state index is 11.9. The highest BCUT2D eigenvalue weighted by Gasteiger charge is 2.12. The van der Waals surface area contributed by atoms with Crippen LogP contribution in [-0.2, 0) is 20.9 Å². The number of nitrogens with two attached hydrogens (primary N) is 1. The number of Topliss-reactive ketones (excluding diaryl/α,β-unsaturated/α-hetero) is 1. The Balaban J connectivity index is 2.01. The maximum Gasteiger partial charge on any atom is 0.306 e. The largest absolute Gasteiger partial charge is 0.461 e. The molecule has 0 radical (unpaired) electrons. The van der Waals surface area contributed by atoms with Gasteiger partial charge < -0.3 is 15.8 Å². The third kappa shape index (κ3) is 10.7. The van der Waals surface area contributed by atoms with Crippen LogP contribution in [0.4, 0.5) is 0 Å². The Bertz CT molecular complexity index is 491. The molecule has 25 heavy (non-hydrogen) atoms. The molecule has 0 fully saturated rings. The van der Waals surface area contributed by atoms with E-state index in [2.05, 4.69) is 5.32 Å². The molecule has 0 aliphatic rings. The van der Waals surface area contributed by atoms with Gasteiger partial charge in [0.05, 0.1) is 6.04 Å². The van der Waals surface area contributed by atoms with Crippen LogP contribution in [0.15, 0.2) is 30.3 Å². The number of ether oxygens (including phenoxy) is 1. The molecule has 0 heterocycles. The molecule has 5 heteroatoms. The lowest BCUT2D eigenvalue weighted by Gasteiger charge is -2.10. The zero-order valence-corrected chi connectivity index (χ0v) is 15.3. The van der Waals surface area contributed by atoms with E-state index in [1.807, 2.05) is 37.4 Å². The Hall–Kier alpha value is -1.72. The standard InChI is InChI=1S/C20H32N2O3/c1-22-15-9-8-12-18(21)19(23)13-6-3-7-14-20(24)25-16-17-10-4-2-5-11-17/h2,4-5,10-11,18,22H,3,6-9,12-16,21H2,1H3. The molecule has 0 aromatic heterocycles. The van der Waals surface area contributed by atoms with Crippen molar-refractivity contribution in [2.45, 2.75) is 64.0 Å². The molecule has 0 aliphatic heterocycles. The summed E-state index contributed by atoms with van der Waals surface area (Å²) in [6.07, 6.45) is 6.06. The number of rotatable bonds is 14. The minimum atomic E-state index is -0.340. The lowest BCUT2D eigenvalue weighted by Crippen LogP contribution is -2.30. The zero-order chi connectivity index (χ0) is 18.3. The highest BCUT2D eigenvalue weighted by molar-refractivity contribution is 5.83. The van der Waals surface area contributed by atoms with Gasteiger partial charge >= 0.3 is 5.97 Å². The summed E-state index contributed by atoms with van der Waals surface area (Å²) in [4.78, 5) is 23.6. The van der Waals surface area contributed by atoms with Crippen molar-refractivity contribution in [3.8, 4) is 0 Å². The zero-order valence-electron chi connectivity index (χ0n) is 15.3. The predicted molar refractivity (Wildman–Crippen MR) is 100 cm³/mol. The van der Waals surface area contributed by atoms with Gasteiger partial charge in [-0.05, 0) is 44.8 Å². The molecule has 1 aromatic carbocycles. The van der Waals surface area contributed by atoms with Crippen LogP contribution in [0.1, 0.15) is 56.9 Å². The Kier molecular flexibility index (Phi) is 11.6. The summed E-state index contributed by atoms with van der Waals surface area (Å²) in [7, 11) is 1.92. The molecular weight excluding hydrogens is 316 g/mol. The molecule has 5 nitrogen and oxygen atoms in total. The average molecular weight is 348 g/mol. The summed E-state index contributed by atoms with van der Waals surface area (Å²) < 4.78 is 5.23. The predicted octanol–water partition coefficient (Wildman–Crippen LogP) is 2.97. The van der Waals surface area contributed by atoms with Gasteiger partial charge in [0, 0.05) is 12.8 Å². The fraction of sp³-hybridized carbons (Fsp3) is 0.600. The van der Waals surface area contributed by atoms with E-state index in [1.54, 1.807) is 0 Å². The molecule has 1 atom stereocenters. The molecule has 3 N–H and O–H groups in total. The van der Waals surface area contributed by atoms with Crippen LogP contribution in [0.25, 0.3) is 0 Å². The first-order chi connectivity index (χ1) is 12.1. The monoisotopic (exact) mass is 348 g/mol. The van der Waals surface area contributed by atoms with Gasteiger partial charge in [0.1, 0.15) is 12.4 Å². The fourth-order valence-electron chi connectivity index (χ4n) is 2.57. The molecular formula is C20H32N2O3. The first-order valence-corrected chi connectivity index (χ1v) is 9.26. The Morgan fingerprint density at radius 1 is 1.04 bits per heavy atom. The lowest BCUT2D eigenvalue weighted by atomic mass is 10.0. The molecule has 0 amide bonds. The van der Waals surface area contributed by atoms with E-state index >= 15 is 0 Å². The number of esters is 1. The number of ketones is 1. The summed E-state index contributed by atoms with van der Waals surface area (Å²) in [6.45, 7) is 1.28. The maximum absolute atomic E-state index is 11.9. The summed E-state index contributed by atoms with van der Waals surface area (Å²) in [5, 5.41) is 3.08. The van der Waals surface area contributed by atoms with Crippen molar-refractivity contribution >= 4 is 11.8 Å². The number of carbonyl (C=O) groups is 2. The average Bonchev–Trinajstić information content (AvgIpc) is 2.63. The van der Waals surface area contributed by atoms with Crippen LogP contribution in [-0.4, -0.2) is 31.4 Å². The van der Waals surface area contributed by atoms with E-state index < -0.39 is 0 Å².